The first-order chi connectivity index (χ1) is 9.29. The Balaban J connectivity index is 2.36. The van der Waals surface area contributed by atoms with Crippen LogP contribution in [0.5, 0.6) is 0 Å². The fourth-order valence-corrected chi connectivity index (χ4v) is 4.98. The third-order valence-electron chi connectivity index (χ3n) is 2.36. The zero-order valence-corrected chi connectivity index (χ0v) is 13.3. The number of nitrogens with zero attached hydrogens (tertiary/aromatic N) is 1. The number of anilines is 1. The van der Waals surface area contributed by atoms with Gasteiger partial charge in [0.05, 0.1) is 9.47 Å². The van der Waals surface area contributed by atoms with Gasteiger partial charge >= 0.3 is 5.97 Å². The molecule has 0 aliphatic rings. The van der Waals surface area contributed by atoms with Crippen LogP contribution in [0, 0.1) is 6.92 Å². The molecule has 0 spiro atoms. The van der Waals surface area contributed by atoms with Gasteiger partial charge in [0.1, 0.15) is 10.6 Å². The highest BCUT2D eigenvalue weighted by Crippen LogP contribution is 2.30. The standard InChI is InChI=1S/C11H9BrN2O4S2/c1-6-9(5-10(12)19-6)20(17,18)14-7-2-3-13-8(4-7)11(15)16/h2-5H,1H3,(H,13,14)(H,15,16). The van der Waals surface area contributed by atoms with Gasteiger partial charge in [0.2, 0.25) is 0 Å². The van der Waals surface area contributed by atoms with Gasteiger partial charge in [0, 0.05) is 11.1 Å². The number of rotatable bonds is 4. The highest BCUT2D eigenvalue weighted by atomic mass is 79.9. The molecule has 0 aromatic carbocycles. The second-order valence-corrected chi connectivity index (χ2v) is 8.10. The fraction of sp³-hybridized carbons (Fsp3) is 0.0909. The largest absolute Gasteiger partial charge is 0.477 e. The third-order valence-corrected chi connectivity index (χ3v) is 5.55. The predicted molar refractivity (Wildman–Crippen MR) is 78.8 cm³/mol. The molecule has 2 heterocycles. The number of aryl methyl sites for hydroxylation is 1. The average Bonchev–Trinajstić information content (AvgIpc) is 2.69. The summed E-state index contributed by atoms with van der Waals surface area (Å²) in [5.74, 6) is -1.22. The van der Waals surface area contributed by atoms with Crippen molar-refractivity contribution >= 4 is 48.9 Å². The molecule has 20 heavy (non-hydrogen) atoms. The van der Waals surface area contributed by atoms with Gasteiger partial charge in [-0.2, -0.15) is 0 Å². The second kappa shape index (κ2) is 5.51. The van der Waals surface area contributed by atoms with Crippen LogP contribution in [0.4, 0.5) is 5.69 Å². The normalized spacial score (nSPS) is 11.3. The van der Waals surface area contributed by atoms with E-state index in [1.165, 1.54) is 29.7 Å². The van der Waals surface area contributed by atoms with E-state index < -0.39 is 16.0 Å². The summed E-state index contributed by atoms with van der Waals surface area (Å²) >= 11 is 4.54. The number of carbonyl (C=O) groups is 1. The number of aromatic nitrogens is 1. The van der Waals surface area contributed by atoms with Gasteiger partial charge in [0.15, 0.2) is 0 Å². The lowest BCUT2D eigenvalue weighted by Gasteiger charge is -2.07. The molecular weight excluding hydrogens is 368 g/mol. The summed E-state index contributed by atoms with van der Waals surface area (Å²) in [6.07, 6.45) is 1.23. The number of carboxylic acids is 1. The van der Waals surface area contributed by atoms with Gasteiger partial charge in [-0.1, -0.05) is 0 Å². The van der Waals surface area contributed by atoms with Crippen molar-refractivity contribution in [1.29, 1.82) is 0 Å². The lowest BCUT2D eigenvalue weighted by atomic mass is 10.3. The van der Waals surface area contributed by atoms with Crippen LogP contribution in [0.25, 0.3) is 0 Å². The molecule has 2 aromatic rings. The topological polar surface area (TPSA) is 96.4 Å². The predicted octanol–water partition coefficient (Wildman–Crippen LogP) is 2.71. The van der Waals surface area contributed by atoms with E-state index in [1.54, 1.807) is 6.92 Å². The fourth-order valence-electron chi connectivity index (χ4n) is 1.52. The van der Waals surface area contributed by atoms with Gasteiger partial charge < -0.3 is 5.11 Å². The number of sulfonamides is 1. The minimum Gasteiger partial charge on any atom is -0.477 e. The molecule has 9 heteroatoms. The SMILES string of the molecule is Cc1sc(Br)cc1S(=O)(=O)Nc1ccnc(C(=O)O)c1. The molecule has 0 amide bonds. The first-order valence-corrected chi connectivity index (χ1v) is 8.37. The summed E-state index contributed by atoms with van der Waals surface area (Å²) in [7, 11) is -3.76. The van der Waals surface area contributed by atoms with Crippen LogP contribution in [-0.4, -0.2) is 24.5 Å². The van der Waals surface area contributed by atoms with E-state index in [0.29, 0.717) is 8.66 Å². The Bertz CT molecular complexity index is 770. The molecule has 0 unspecified atom stereocenters. The number of pyridine rings is 1. The third kappa shape index (κ3) is 3.17. The van der Waals surface area contributed by atoms with Crippen molar-refractivity contribution in [1.82, 2.24) is 4.98 Å². The van der Waals surface area contributed by atoms with Crippen LogP contribution in [0.3, 0.4) is 0 Å². The van der Waals surface area contributed by atoms with E-state index in [2.05, 4.69) is 25.6 Å². The maximum absolute atomic E-state index is 12.2. The van der Waals surface area contributed by atoms with Crippen LogP contribution in [0.2, 0.25) is 0 Å². The summed E-state index contributed by atoms with van der Waals surface area (Å²) in [5, 5.41) is 8.83. The van der Waals surface area contributed by atoms with Crippen molar-refractivity contribution < 1.29 is 18.3 Å². The number of thiophene rings is 1. The van der Waals surface area contributed by atoms with Gasteiger partial charge in [-0.05, 0) is 41.1 Å². The van der Waals surface area contributed by atoms with Crippen molar-refractivity contribution in [2.75, 3.05) is 4.72 Å². The zero-order valence-electron chi connectivity index (χ0n) is 10.1. The van der Waals surface area contributed by atoms with Crippen molar-refractivity contribution in [2.24, 2.45) is 0 Å². The van der Waals surface area contributed by atoms with Crippen molar-refractivity contribution in [3.8, 4) is 0 Å². The van der Waals surface area contributed by atoms with Crippen LogP contribution >= 0.6 is 27.3 Å². The van der Waals surface area contributed by atoms with E-state index >= 15 is 0 Å². The Hall–Kier alpha value is -1.45. The molecule has 0 aliphatic heterocycles. The van der Waals surface area contributed by atoms with E-state index in [-0.39, 0.29) is 16.3 Å². The maximum atomic E-state index is 12.2. The van der Waals surface area contributed by atoms with E-state index in [0.717, 1.165) is 6.07 Å². The molecule has 2 rings (SSSR count). The van der Waals surface area contributed by atoms with Crippen LogP contribution in [-0.2, 0) is 10.0 Å². The lowest BCUT2D eigenvalue weighted by molar-refractivity contribution is 0.0690. The minimum absolute atomic E-state index is 0.152. The maximum Gasteiger partial charge on any atom is 0.354 e. The Morgan fingerprint density at radius 1 is 1.45 bits per heavy atom. The second-order valence-electron chi connectivity index (χ2n) is 3.81. The molecular formula is C11H9BrN2O4S2. The summed E-state index contributed by atoms with van der Waals surface area (Å²) in [4.78, 5) is 15.2. The summed E-state index contributed by atoms with van der Waals surface area (Å²) < 4.78 is 27.5. The molecule has 2 aromatic heterocycles. The molecule has 0 fully saturated rings. The van der Waals surface area contributed by atoms with Crippen molar-refractivity contribution in [3.05, 3.63) is 38.8 Å². The average molecular weight is 377 g/mol. The molecule has 0 bridgehead atoms. The molecule has 0 radical (unpaired) electrons. The molecule has 0 aliphatic carbocycles. The van der Waals surface area contributed by atoms with E-state index in [9.17, 15) is 13.2 Å². The van der Waals surface area contributed by atoms with Crippen LogP contribution < -0.4 is 4.72 Å². The van der Waals surface area contributed by atoms with Crippen molar-refractivity contribution in [3.63, 3.8) is 0 Å². The molecule has 6 nitrogen and oxygen atoms in total. The van der Waals surface area contributed by atoms with Crippen LogP contribution in [0.1, 0.15) is 15.4 Å². The summed E-state index contributed by atoms with van der Waals surface area (Å²) in [6, 6.07) is 4.05. The highest BCUT2D eigenvalue weighted by molar-refractivity contribution is 9.11. The molecule has 106 valence electrons. The monoisotopic (exact) mass is 376 g/mol. The van der Waals surface area contributed by atoms with Crippen molar-refractivity contribution in [2.45, 2.75) is 11.8 Å². The zero-order chi connectivity index (χ0) is 14.9. The quantitative estimate of drug-likeness (QED) is 0.854. The Kier molecular flexibility index (Phi) is 4.11. The number of hydrogen-bond acceptors (Lipinski definition) is 5. The number of halogens is 1. The highest BCUT2D eigenvalue weighted by Gasteiger charge is 2.20. The molecule has 0 saturated carbocycles. The number of hydrogen-bond donors (Lipinski definition) is 2. The first-order valence-electron chi connectivity index (χ1n) is 5.28. The van der Waals surface area contributed by atoms with Gasteiger partial charge in [-0.15, -0.1) is 11.3 Å². The Morgan fingerprint density at radius 2 is 2.15 bits per heavy atom. The lowest BCUT2D eigenvalue weighted by Crippen LogP contribution is -2.14. The van der Waals surface area contributed by atoms with E-state index in [1.807, 2.05) is 0 Å². The molecule has 0 atom stereocenters. The van der Waals surface area contributed by atoms with Gasteiger partial charge in [-0.25, -0.2) is 18.2 Å². The molecule has 0 saturated heterocycles. The number of nitrogens with one attached hydrogen (secondary N) is 1. The van der Waals surface area contributed by atoms with Crippen LogP contribution in [0.15, 0.2) is 33.1 Å². The Labute approximate surface area is 127 Å². The summed E-state index contributed by atoms with van der Waals surface area (Å²) in [6.45, 7) is 1.69. The minimum atomic E-state index is -3.76. The first kappa shape index (κ1) is 14.9. The van der Waals surface area contributed by atoms with E-state index in [4.69, 9.17) is 5.11 Å². The molecule has 2 N–H and O–H groups in total. The number of carboxylic acid groups (broad SMARTS) is 1. The Morgan fingerprint density at radius 3 is 2.70 bits per heavy atom. The summed E-state index contributed by atoms with van der Waals surface area (Å²) in [5.41, 5.74) is -0.0763. The smallest absolute Gasteiger partial charge is 0.354 e. The van der Waals surface area contributed by atoms with Gasteiger partial charge in [0.25, 0.3) is 10.0 Å². The number of aromatic carboxylic acids is 1. The van der Waals surface area contributed by atoms with Gasteiger partial charge in [-0.3, -0.25) is 4.72 Å².